The molecule has 4 amide bonds. The van der Waals surface area contributed by atoms with Gasteiger partial charge < -0.3 is 52.1 Å². The van der Waals surface area contributed by atoms with E-state index in [4.69, 9.17) is 26.0 Å². The Kier molecular flexibility index (Phi) is 22.9. The fraction of sp³-hybridized carbons (Fsp3) is 0.576. The van der Waals surface area contributed by atoms with Crippen LogP contribution in [0.2, 0.25) is 0 Å². The van der Waals surface area contributed by atoms with Gasteiger partial charge in [0.1, 0.15) is 33.3 Å². The minimum Gasteiger partial charge on any atom is -0.480 e. The molecule has 1 aromatic carbocycles. The van der Waals surface area contributed by atoms with E-state index in [9.17, 15) is 38.4 Å². The first kappa shape index (κ1) is 46.2. The summed E-state index contributed by atoms with van der Waals surface area (Å²) in [5.41, 5.74) is 11.7. The molecule has 0 spiro atoms. The molecule has 0 unspecified atom stereocenters. The van der Waals surface area contributed by atoms with E-state index in [0.717, 1.165) is 5.56 Å². The first-order valence-corrected chi connectivity index (χ1v) is 16.1. The molecule has 0 saturated carbocycles. The third kappa shape index (κ3) is 21.8. The van der Waals surface area contributed by atoms with Crippen LogP contribution in [0.4, 0.5) is 0 Å². The lowest BCUT2D eigenvalue weighted by Gasteiger charge is -2.17. The summed E-state index contributed by atoms with van der Waals surface area (Å²) >= 11 is 0. The van der Waals surface area contributed by atoms with Gasteiger partial charge in [-0.1, -0.05) is 44.2 Å². The fourth-order valence-electron chi connectivity index (χ4n) is 3.64. The van der Waals surface area contributed by atoms with Crippen LogP contribution in [-0.2, 0) is 59.2 Å². The number of carboxylic acid groups (broad SMARTS) is 1. The summed E-state index contributed by atoms with van der Waals surface area (Å²) in [7, 11) is 0. The summed E-state index contributed by atoms with van der Waals surface area (Å²) in [5.74, 6) is -5.25. The van der Waals surface area contributed by atoms with E-state index >= 15 is 0 Å². The van der Waals surface area contributed by atoms with Crippen molar-refractivity contribution in [3.8, 4) is 0 Å². The monoisotopic (exact) mass is 724 g/mol. The largest absolute Gasteiger partial charge is 0.480 e. The number of carbonyl (C=O) groups is 8. The van der Waals surface area contributed by atoms with Crippen molar-refractivity contribution in [2.75, 3.05) is 26.7 Å². The van der Waals surface area contributed by atoms with Gasteiger partial charge in [-0.2, -0.15) is 0 Å². The molecule has 18 nitrogen and oxygen atoms in total. The van der Waals surface area contributed by atoms with Crippen LogP contribution in [0.5, 0.6) is 0 Å². The van der Waals surface area contributed by atoms with Gasteiger partial charge in [0.2, 0.25) is 23.6 Å². The maximum Gasteiger partial charge on any atom is 0.332 e. The number of ketones is 2. The van der Waals surface area contributed by atoms with Crippen molar-refractivity contribution in [3.63, 3.8) is 0 Å². The summed E-state index contributed by atoms with van der Waals surface area (Å²) in [6.45, 7) is 8.09. The molecule has 1 rings (SSSR count). The number of aliphatic carboxylic acids is 1. The summed E-state index contributed by atoms with van der Waals surface area (Å²) in [6, 6.07) is 6.30. The molecular formula is C33H52N6O12. The number of carbonyl (C=O) groups excluding carboxylic acids is 7. The Labute approximate surface area is 297 Å². The van der Waals surface area contributed by atoms with Crippen LogP contribution in [-0.4, -0.2) is 103 Å². The molecule has 9 N–H and O–H groups in total. The predicted octanol–water partition coefficient (Wildman–Crippen LogP) is -1.12. The number of benzene rings is 1. The molecule has 18 heteroatoms. The van der Waals surface area contributed by atoms with Gasteiger partial charge >= 0.3 is 11.9 Å². The second-order valence-electron chi connectivity index (χ2n) is 11.8. The number of hydrogen-bond acceptors (Lipinski definition) is 13. The van der Waals surface area contributed by atoms with Gasteiger partial charge in [-0.25, -0.2) is 9.59 Å². The Morgan fingerprint density at radius 3 is 1.45 bits per heavy atom. The van der Waals surface area contributed by atoms with E-state index in [0.29, 0.717) is 0 Å². The Morgan fingerprint density at radius 2 is 1.06 bits per heavy atom. The Morgan fingerprint density at radius 1 is 0.647 bits per heavy atom. The molecule has 0 radical (unpaired) electrons. The van der Waals surface area contributed by atoms with Crippen molar-refractivity contribution in [1.29, 1.82) is 0 Å². The molecular weight excluding hydrogens is 672 g/mol. The lowest BCUT2D eigenvalue weighted by atomic mass is 10.00. The summed E-state index contributed by atoms with van der Waals surface area (Å²) in [6.07, 6.45) is -0.115. The van der Waals surface area contributed by atoms with Crippen LogP contribution >= 0.6 is 0 Å². The first-order valence-electron chi connectivity index (χ1n) is 16.1. The number of nitrogens with one attached hydrogen (secondary N) is 4. The summed E-state index contributed by atoms with van der Waals surface area (Å²) in [4.78, 5) is 92.4. The normalized spacial score (nSPS) is 14.0. The number of hydrogen-bond donors (Lipinski definition) is 7. The number of carboxylic acids is 1. The fourth-order valence-corrected chi connectivity index (χ4v) is 3.64. The van der Waals surface area contributed by atoms with Gasteiger partial charge in [-0.05, 0) is 33.3 Å². The number of esters is 1. The number of amides is 4. The van der Waals surface area contributed by atoms with E-state index in [1.165, 1.54) is 27.7 Å². The lowest BCUT2D eigenvalue weighted by molar-refractivity contribution is -0.151. The number of rotatable bonds is 22. The van der Waals surface area contributed by atoms with Crippen LogP contribution < -0.4 is 32.7 Å². The number of ether oxygens (including phenoxy) is 3. The van der Waals surface area contributed by atoms with E-state index in [1.807, 2.05) is 30.3 Å². The SMILES string of the molecule is C[C@H](N)C(=O)N[C@@H](C)C(=O)C[C@@H](C)C(=O)NCOCC(=O)O.C[C@H](N)C(=O)N[C@@H](C)C(=O)C[C@@H](C)C(=O)NCOCC(=O)OCc1ccccc1. The zero-order valence-electron chi connectivity index (χ0n) is 29.9. The average molecular weight is 725 g/mol. The predicted molar refractivity (Wildman–Crippen MR) is 182 cm³/mol. The zero-order valence-corrected chi connectivity index (χ0v) is 29.9. The third-order valence-corrected chi connectivity index (χ3v) is 6.81. The minimum atomic E-state index is -1.14. The molecule has 0 aliphatic heterocycles. The van der Waals surface area contributed by atoms with Crippen LogP contribution in [0.3, 0.4) is 0 Å². The quantitative estimate of drug-likeness (QED) is 0.0424. The van der Waals surface area contributed by atoms with Crippen LogP contribution in [0.1, 0.15) is 59.9 Å². The first-order chi connectivity index (χ1) is 23.8. The molecule has 6 atom stereocenters. The van der Waals surface area contributed by atoms with Gasteiger partial charge in [0.15, 0.2) is 11.6 Å². The Hall–Kier alpha value is -4.78. The topological polar surface area (TPSA) is 285 Å². The average Bonchev–Trinajstić information content (AvgIpc) is 3.07. The lowest BCUT2D eigenvalue weighted by Crippen LogP contribution is -2.46. The highest BCUT2D eigenvalue weighted by molar-refractivity contribution is 5.93. The maximum atomic E-state index is 12.1. The molecule has 286 valence electrons. The minimum absolute atomic E-state index is 0.0502. The van der Waals surface area contributed by atoms with E-state index in [1.54, 1.807) is 13.8 Å². The van der Waals surface area contributed by atoms with Gasteiger partial charge in [0, 0.05) is 24.7 Å². The molecule has 0 aliphatic rings. The maximum absolute atomic E-state index is 12.1. The number of Topliss-reactive ketones (excluding diaryl/α,β-unsaturated/α-hetero) is 2. The van der Waals surface area contributed by atoms with Crippen molar-refractivity contribution in [3.05, 3.63) is 35.9 Å². The Balaban J connectivity index is 0.00000102. The number of nitrogens with two attached hydrogens (primary N) is 2. The van der Waals surface area contributed by atoms with E-state index < -0.39 is 78.2 Å². The Bertz CT molecular complexity index is 1310. The molecule has 1 aromatic rings. The van der Waals surface area contributed by atoms with Gasteiger partial charge in [-0.15, -0.1) is 0 Å². The second-order valence-corrected chi connectivity index (χ2v) is 11.8. The van der Waals surface area contributed by atoms with E-state index in [-0.39, 0.29) is 51.1 Å². The smallest absolute Gasteiger partial charge is 0.332 e. The third-order valence-electron chi connectivity index (χ3n) is 6.81. The van der Waals surface area contributed by atoms with Crippen molar-refractivity contribution < 1.29 is 57.7 Å². The van der Waals surface area contributed by atoms with Gasteiger partial charge in [0.05, 0.1) is 24.2 Å². The van der Waals surface area contributed by atoms with E-state index in [2.05, 4.69) is 26.0 Å². The highest BCUT2D eigenvalue weighted by atomic mass is 16.6. The van der Waals surface area contributed by atoms with Crippen molar-refractivity contribution >= 4 is 47.1 Å². The van der Waals surface area contributed by atoms with Crippen LogP contribution in [0, 0.1) is 11.8 Å². The molecule has 0 saturated heterocycles. The molecule has 0 bridgehead atoms. The van der Waals surface area contributed by atoms with Crippen LogP contribution in [0.15, 0.2) is 30.3 Å². The van der Waals surface area contributed by atoms with Crippen molar-refractivity contribution in [2.45, 2.75) is 85.2 Å². The highest BCUT2D eigenvalue weighted by Gasteiger charge is 2.24. The molecule has 0 heterocycles. The van der Waals surface area contributed by atoms with Crippen molar-refractivity contribution in [2.24, 2.45) is 23.3 Å². The van der Waals surface area contributed by atoms with Crippen molar-refractivity contribution in [1.82, 2.24) is 21.3 Å². The molecule has 0 fully saturated rings. The zero-order chi connectivity index (χ0) is 39.1. The molecule has 0 aromatic heterocycles. The second kappa shape index (κ2) is 25.2. The van der Waals surface area contributed by atoms with Crippen LogP contribution in [0.25, 0.3) is 0 Å². The molecule has 0 aliphatic carbocycles. The van der Waals surface area contributed by atoms with Gasteiger partial charge in [-0.3, -0.25) is 28.8 Å². The molecule has 51 heavy (non-hydrogen) atoms. The highest BCUT2D eigenvalue weighted by Crippen LogP contribution is 2.07. The summed E-state index contributed by atoms with van der Waals surface area (Å²) < 4.78 is 14.8. The standard InChI is InChI=1S/C20H29N3O6.C13H23N3O6/c1-13(9-17(24)15(3)23-20(27)14(2)21)19(26)22-12-28-11-18(25)29-10-16-7-5-4-6-8-16;1-7(12(20)15-6-22-5-11(18)19)4-10(17)9(3)16-13(21)8(2)14/h4-8,13-15H,9-12,21H2,1-3H3,(H,22,26)(H,23,27);7-9H,4-6,14H2,1-3H3,(H,15,20)(H,16,21)(H,18,19)/t13-,14+,15+;7-,8+,9+/m11/s1. The van der Waals surface area contributed by atoms with Gasteiger partial charge in [0.25, 0.3) is 0 Å². The summed E-state index contributed by atoms with van der Waals surface area (Å²) in [5, 5.41) is 18.1.